The summed E-state index contributed by atoms with van der Waals surface area (Å²) in [6.45, 7) is 0. The van der Waals surface area contributed by atoms with Gasteiger partial charge in [-0.25, -0.2) is 0 Å². The second kappa shape index (κ2) is 10.8. The van der Waals surface area contributed by atoms with Gasteiger partial charge in [-0.3, -0.25) is 0 Å². The standard InChI is InChI=1S/C44H30N2/c1-2-13-32(14-3-1)38-18-6-8-21-41(38)45(37-25-24-31-12-4-5-15-34(31)30-37)35-26-28-36(29-27-35)46-42-22-9-7-19-39(42)40-20-10-16-33-17-11-23-43(46)44(33)40/h1-30H. The molecule has 0 aliphatic carbocycles. The Morgan fingerprint density at radius 1 is 0.370 bits per heavy atom. The maximum atomic E-state index is 2.41. The van der Waals surface area contributed by atoms with Crippen molar-refractivity contribution >= 4 is 55.7 Å². The number of benzene rings is 8. The second-order valence-corrected chi connectivity index (χ2v) is 11.8. The molecule has 0 saturated heterocycles. The van der Waals surface area contributed by atoms with Gasteiger partial charge < -0.3 is 9.80 Å². The average molecular weight is 587 g/mol. The quantitative estimate of drug-likeness (QED) is 0.198. The molecule has 8 aromatic rings. The van der Waals surface area contributed by atoms with E-state index in [1.165, 1.54) is 55.2 Å². The van der Waals surface area contributed by atoms with Gasteiger partial charge in [0.05, 0.1) is 17.1 Å². The lowest BCUT2D eigenvalue weighted by Gasteiger charge is -2.34. The number of nitrogens with zero attached hydrogens (tertiary/aromatic N) is 2. The number of anilines is 6. The third kappa shape index (κ3) is 4.27. The Hall–Kier alpha value is -6.12. The molecule has 0 amide bonds. The first-order valence-electron chi connectivity index (χ1n) is 15.8. The van der Waals surface area contributed by atoms with Crippen molar-refractivity contribution in [3.63, 3.8) is 0 Å². The Labute approximate surface area is 269 Å². The lowest BCUT2D eigenvalue weighted by molar-refractivity contribution is 1.26. The SMILES string of the molecule is c1ccc(-c2ccccc2N(c2ccc(N3c4ccccc4-c4cccc5cccc3c45)cc2)c2ccc3ccccc3c2)cc1. The average Bonchev–Trinajstić information content (AvgIpc) is 3.13. The Morgan fingerprint density at radius 2 is 0.978 bits per heavy atom. The summed E-state index contributed by atoms with van der Waals surface area (Å²) in [6.07, 6.45) is 0. The fourth-order valence-electron chi connectivity index (χ4n) is 7.06. The van der Waals surface area contributed by atoms with E-state index in [0.717, 1.165) is 22.7 Å². The van der Waals surface area contributed by atoms with Crippen molar-refractivity contribution in [2.24, 2.45) is 0 Å². The molecule has 2 heteroatoms. The molecule has 0 saturated carbocycles. The fraction of sp³-hybridized carbons (Fsp3) is 0. The molecule has 0 aromatic heterocycles. The van der Waals surface area contributed by atoms with Gasteiger partial charge in [-0.2, -0.15) is 0 Å². The van der Waals surface area contributed by atoms with Gasteiger partial charge in [0, 0.05) is 33.6 Å². The molecule has 1 aliphatic rings. The van der Waals surface area contributed by atoms with Crippen LogP contribution in [0.15, 0.2) is 182 Å². The number of rotatable bonds is 5. The largest absolute Gasteiger partial charge is 0.310 e. The molecule has 8 aromatic carbocycles. The van der Waals surface area contributed by atoms with Crippen molar-refractivity contribution < 1.29 is 0 Å². The first-order valence-corrected chi connectivity index (χ1v) is 15.8. The predicted molar refractivity (Wildman–Crippen MR) is 195 cm³/mol. The Bertz CT molecular complexity index is 2370. The van der Waals surface area contributed by atoms with Crippen LogP contribution < -0.4 is 9.80 Å². The molecule has 0 radical (unpaired) electrons. The van der Waals surface area contributed by atoms with Crippen molar-refractivity contribution in [1.29, 1.82) is 0 Å². The zero-order valence-corrected chi connectivity index (χ0v) is 25.2. The maximum absolute atomic E-state index is 2.41. The zero-order chi connectivity index (χ0) is 30.5. The van der Waals surface area contributed by atoms with Gasteiger partial charge in [0.15, 0.2) is 0 Å². The minimum Gasteiger partial charge on any atom is -0.310 e. The van der Waals surface area contributed by atoms with E-state index in [2.05, 4.69) is 192 Å². The molecule has 46 heavy (non-hydrogen) atoms. The van der Waals surface area contributed by atoms with E-state index in [0.29, 0.717) is 0 Å². The van der Waals surface area contributed by atoms with Crippen LogP contribution in [0.25, 0.3) is 43.8 Å². The molecule has 0 spiro atoms. The Kier molecular flexibility index (Phi) is 6.17. The van der Waals surface area contributed by atoms with Crippen LogP contribution in [0.3, 0.4) is 0 Å². The molecule has 0 fully saturated rings. The highest BCUT2D eigenvalue weighted by Gasteiger charge is 2.26. The van der Waals surface area contributed by atoms with Gasteiger partial charge in [-0.05, 0) is 81.9 Å². The summed E-state index contributed by atoms with van der Waals surface area (Å²) < 4.78 is 0. The molecular formula is C44H30N2. The molecule has 9 rings (SSSR count). The first kappa shape index (κ1) is 26.3. The summed E-state index contributed by atoms with van der Waals surface area (Å²) in [5.74, 6) is 0. The third-order valence-electron chi connectivity index (χ3n) is 9.15. The highest BCUT2D eigenvalue weighted by atomic mass is 15.2. The predicted octanol–water partition coefficient (Wildman–Crippen LogP) is 12.6. The fourth-order valence-corrected chi connectivity index (χ4v) is 7.06. The number of para-hydroxylation sites is 2. The van der Waals surface area contributed by atoms with Gasteiger partial charge in [-0.1, -0.05) is 127 Å². The molecule has 0 bridgehead atoms. The lowest BCUT2D eigenvalue weighted by Crippen LogP contribution is -2.15. The lowest BCUT2D eigenvalue weighted by atomic mass is 9.91. The van der Waals surface area contributed by atoms with Crippen molar-refractivity contribution in [2.75, 3.05) is 9.80 Å². The summed E-state index contributed by atoms with van der Waals surface area (Å²) in [7, 11) is 0. The van der Waals surface area contributed by atoms with Crippen molar-refractivity contribution in [2.45, 2.75) is 0 Å². The molecule has 0 N–H and O–H groups in total. The topological polar surface area (TPSA) is 6.48 Å². The zero-order valence-electron chi connectivity index (χ0n) is 25.2. The van der Waals surface area contributed by atoms with Gasteiger partial charge in [0.25, 0.3) is 0 Å². The molecule has 1 aliphatic heterocycles. The number of fused-ring (bicyclic) bond motifs is 3. The maximum Gasteiger partial charge on any atom is 0.0546 e. The van der Waals surface area contributed by atoms with Crippen molar-refractivity contribution in [1.82, 2.24) is 0 Å². The summed E-state index contributed by atoms with van der Waals surface area (Å²) in [4.78, 5) is 4.80. The third-order valence-corrected chi connectivity index (χ3v) is 9.15. The monoisotopic (exact) mass is 586 g/mol. The van der Waals surface area contributed by atoms with Crippen LogP contribution in [0.5, 0.6) is 0 Å². The van der Waals surface area contributed by atoms with E-state index < -0.39 is 0 Å². The van der Waals surface area contributed by atoms with E-state index in [1.807, 2.05) is 0 Å². The van der Waals surface area contributed by atoms with Gasteiger partial charge in [0.1, 0.15) is 0 Å². The number of hydrogen-bond donors (Lipinski definition) is 0. The van der Waals surface area contributed by atoms with E-state index in [9.17, 15) is 0 Å². The molecule has 0 atom stereocenters. The molecule has 216 valence electrons. The van der Waals surface area contributed by atoms with Crippen LogP contribution in [-0.2, 0) is 0 Å². The molecular weight excluding hydrogens is 556 g/mol. The molecule has 2 nitrogen and oxygen atoms in total. The Morgan fingerprint density at radius 3 is 1.83 bits per heavy atom. The summed E-state index contributed by atoms with van der Waals surface area (Å²) >= 11 is 0. The minimum absolute atomic E-state index is 1.10. The normalized spacial score (nSPS) is 11.9. The van der Waals surface area contributed by atoms with Crippen LogP contribution >= 0.6 is 0 Å². The Balaban J connectivity index is 1.22. The van der Waals surface area contributed by atoms with Gasteiger partial charge >= 0.3 is 0 Å². The van der Waals surface area contributed by atoms with E-state index >= 15 is 0 Å². The second-order valence-electron chi connectivity index (χ2n) is 11.8. The number of hydrogen-bond acceptors (Lipinski definition) is 2. The first-order chi connectivity index (χ1) is 22.8. The summed E-state index contributed by atoms with van der Waals surface area (Å²) in [6, 6.07) is 65.7. The minimum atomic E-state index is 1.10. The van der Waals surface area contributed by atoms with Crippen LogP contribution in [0.1, 0.15) is 0 Å². The van der Waals surface area contributed by atoms with Crippen molar-refractivity contribution in [3.8, 4) is 22.3 Å². The van der Waals surface area contributed by atoms with Crippen LogP contribution in [0.2, 0.25) is 0 Å². The van der Waals surface area contributed by atoms with E-state index in [-0.39, 0.29) is 0 Å². The van der Waals surface area contributed by atoms with Gasteiger partial charge in [-0.15, -0.1) is 0 Å². The van der Waals surface area contributed by atoms with Crippen LogP contribution in [0.4, 0.5) is 34.1 Å². The van der Waals surface area contributed by atoms with E-state index in [4.69, 9.17) is 0 Å². The van der Waals surface area contributed by atoms with Gasteiger partial charge in [0.2, 0.25) is 0 Å². The highest BCUT2D eigenvalue weighted by Crippen LogP contribution is 2.51. The van der Waals surface area contributed by atoms with Crippen molar-refractivity contribution in [3.05, 3.63) is 182 Å². The molecule has 1 heterocycles. The smallest absolute Gasteiger partial charge is 0.0546 e. The highest BCUT2D eigenvalue weighted by molar-refractivity contribution is 6.13. The summed E-state index contributed by atoms with van der Waals surface area (Å²) in [5.41, 5.74) is 11.8. The summed E-state index contributed by atoms with van der Waals surface area (Å²) in [5, 5.41) is 5.00. The van der Waals surface area contributed by atoms with Crippen LogP contribution in [-0.4, -0.2) is 0 Å². The molecule has 0 unspecified atom stereocenters. The van der Waals surface area contributed by atoms with E-state index in [1.54, 1.807) is 0 Å². The van der Waals surface area contributed by atoms with Crippen LogP contribution in [0, 0.1) is 0 Å².